The lowest BCUT2D eigenvalue weighted by molar-refractivity contribution is -0.119. The van der Waals surface area contributed by atoms with Crippen molar-refractivity contribution in [2.75, 3.05) is 11.4 Å². The van der Waals surface area contributed by atoms with E-state index < -0.39 is 0 Å². The van der Waals surface area contributed by atoms with Gasteiger partial charge in [0.25, 0.3) is 0 Å². The molecule has 0 radical (unpaired) electrons. The fourth-order valence-electron chi connectivity index (χ4n) is 4.17. The minimum atomic E-state index is -0.369. The van der Waals surface area contributed by atoms with Gasteiger partial charge in [-0.05, 0) is 35.9 Å². The van der Waals surface area contributed by atoms with E-state index in [4.69, 9.17) is 11.6 Å². The number of aromatic nitrogens is 1. The summed E-state index contributed by atoms with van der Waals surface area (Å²) >= 11 is 6.13. The molecular formula is C20H14ClFN2O2. The number of carbonyl (C=O) groups is 1. The zero-order chi connectivity index (χ0) is 18.0. The lowest BCUT2D eigenvalue weighted by Gasteiger charge is -2.31. The smallest absolute Gasteiger partial charge is 0.229 e. The number of rotatable bonds is 1. The molecule has 0 saturated carbocycles. The van der Waals surface area contributed by atoms with Crippen LogP contribution in [0.25, 0.3) is 10.9 Å². The van der Waals surface area contributed by atoms with E-state index in [1.165, 1.54) is 12.1 Å². The van der Waals surface area contributed by atoms with Gasteiger partial charge in [-0.15, -0.1) is 0 Å². The minimum Gasteiger partial charge on any atom is -0.325 e. The van der Waals surface area contributed by atoms with Gasteiger partial charge in [-0.1, -0.05) is 23.7 Å². The van der Waals surface area contributed by atoms with Crippen molar-refractivity contribution in [3.05, 3.63) is 74.7 Å². The van der Waals surface area contributed by atoms with Crippen molar-refractivity contribution in [1.82, 2.24) is 4.57 Å². The highest BCUT2D eigenvalue weighted by molar-refractivity contribution is 6.31. The van der Waals surface area contributed by atoms with Crippen LogP contribution in [0.1, 0.15) is 23.5 Å². The molecule has 0 bridgehead atoms. The van der Waals surface area contributed by atoms with Gasteiger partial charge >= 0.3 is 0 Å². The number of pyridine rings is 1. The predicted molar refractivity (Wildman–Crippen MR) is 98.4 cm³/mol. The predicted octanol–water partition coefficient (Wildman–Crippen LogP) is 3.68. The van der Waals surface area contributed by atoms with Crippen LogP contribution in [-0.4, -0.2) is 17.0 Å². The first-order valence-corrected chi connectivity index (χ1v) is 8.84. The Hall–Kier alpha value is -2.66. The third kappa shape index (κ3) is 2.07. The molecular weight excluding hydrogens is 355 g/mol. The molecule has 0 aliphatic carbocycles. The number of nitrogens with zero attached hydrogens (tertiary/aromatic N) is 2. The van der Waals surface area contributed by atoms with Crippen LogP contribution in [0.2, 0.25) is 5.02 Å². The zero-order valence-electron chi connectivity index (χ0n) is 13.7. The van der Waals surface area contributed by atoms with Crippen LogP contribution in [0, 0.1) is 5.82 Å². The average molecular weight is 369 g/mol. The molecule has 2 aliphatic heterocycles. The van der Waals surface area contributed by atoms with Gasteiger partial charge in [-0.3, -0.25) is 14.5 Å². The fraction of sp³-hybridized carbons (Fsp3) is 0.200. The molecule has 2 aromatic carbocycles. The van der Waals surface area contributed by atoms with Crippen molar-refractivity contribution < 1.29 is 9.18 Å². The molecule has 2 aliphatic rings. The Labute approximate surface area is 153 Å². The summed E-state index contributed by atoms with van der Waals surface area (Å²) in [5, 5.41) is 1.15. The quantitative estimate of drug-likeness (QED) is 0.657. The maximum Gasteiger partial charge on any atom is 0.229 e. The number of halogens is 2. The maximum atomic E-state index is 13.3. The zero-order valence-corrected chi connectivity index (χ0v) is 14.5. The SMILES string of the molecule is O=C1CC(c2ccc(F)cc2)c2c3n(c4cc(Cl)ccc4c2=O)CCN13. The Kier molecular flexibility index (Phi) is 3.25. The van der Waals surface area contributed by atoms with Gasteiger partial charge in [0.1, 0.15) is 11.6 Å². The number of carbonyl (C=O) groups excluding carboxylic acids is 1. The van der Waals surface area contributed by atoms with Crippen LogP contribution in [0.3, 0.4) is 0 Å². The summed E-state index contributed by atoms with van der Waals surface area (Å²) in [6.07, 6.45) is 0.215. The second-order valence-corrected chi connectivity index (χ2v) is 7.17. The fourth-order valence-corrected chi connectivity index (χ4v) is 4.34. The maximum absolute atomic E-state index is 13.3. The van der Waals surface area contributed by atoms with Gasteiger partial charge in [0.05, 0.1) is 5.52 Å². The molecule has 0 fully saturated rings. The summed E-state index contributed by atoms with van der Waals surface area (Å²) in [4.78, 5) is 27.7. The van der Waals surface area contributed by atoms with Crippen molar-refractivity contribution in [3.63, 3.8) is 0 Å². The van der Waals surface area contributed by atoms with Gasteiger partial charge in [-0.2, -0.15) is 0 Å². The number of amides is 1. The van der Waals surface area contributed by atoms with E-state index >= 15 is 0 Å². The topological polar surface area (TPSA) is 42.3 Å². The standard InChI is InChI=1S/C20H14ClFN2O2/c21-12-3-6-14-16(9-12)23-7-8-24-17(25)10-15(18(19(14)26)20(23)24)11-1-4-13(22)5-2-11/h1-6,9,15H,7-8,10H2. The highest BCUT2D eigenvalue weighted by Gasteiger charge is 2.39. The Morgan fingerprint density at radius 1 is 1.04 bits per heavy atom. The summed E-state index contributed by atoms with van der Waals surface area (Å²) in [5.41, 5.74) is 2.05. The Morgan fingerprint density at radius 2 is 1.81 bits per heavy atom. The summed E-state index contributed by atoms with van der Waals surface area (Å²) < 4.78 is 15.3. The molecule has 1 amide bonds. The van der Waals surface area contributed by atoms with E-state index in [2.05, 4.69) is 0 Å². The van der Waals surface area contributed by atoms with Crippen molar-refractivity contribution >= 4 is 34.2 Å². The number of fused-ring (bicyclic) bond motifs is 2. The van der Waals surface area contributed by atoms with Gasteiger partial charge in [0.2, 0.25) is 5.91 Å². The second-order valence-electron chi connectivity index (χ2n) is 6.73. The first-order chi connectivity index (χ1) is 12.5. The lowest BCUT2D eigenvalue weighted by Crippen LogP contribution is -2.38. The lowest BCUT2D eigenvalue weighted by atomic mass is 9.84. The van der Waals surface area contributed by atoms with Crippen LogP contribution in [-0.2, 0) is 11.3 Å². The molecule has 6 heteroatoms. The molecule has 1 atom stereocenters. The van der Waals surface area contributed by atoms with Gasteiger partial charge in [0, 0.05) is 41.4 Å². The number of benzene rings is 2. The van der Waals surface area contributed by atoms with Crippen LogP contribution >= 0.6 is 11.6 Å². The second kappa shape index (κ2) is 5.42. The van der Waals surface area contributed by atoms with Crippen LogP contribution in [0.4, 0.5) is 10.2 Å². The van der Waals surface area contributed by atoms with Crippen molar-refractivity contribution in [3.8, 4) is 0 Å². The van der Waals surface area contributed by atoms with Crippen LogP contribution in [0.15, 0.2) is 47.3 Å². The molecule has 4 nitrogen and oxygen atoms in total. The van der Waals surface area contributed by atoms with E-state index in [-0.39, 0.29) is 29.5 Å². The van der Waals surface area contributed by atoms with Gasteiger partial charge in [0.15, 0.2) is 5.43 Å². The molecule has 0 N–H and O–H groups in total. The third-order valence-electron chi connectivity index (χ3n) is 5.34. The summed E-state index contributed by atoms with van der Waals surface area (Å²) in [6, 6.07) is 11.3. The third-order valence-corrected chi connectivity index (χ3v) is 5.58. The number of anilines is 1. The normalized spacial score (nSPS) is 18.5. The minimum absolute atomic E-state index is 0.0150. The summed E-state index contributed by atoms with van der Waals surface area (Å²) in [7, 11) is 0. The van der Waals surface area contributed by atoms with Gasteiger partial charge < -0.3 is 4.57 Å². The van der Waals surface area contributed by atoms with Crippen molar-refractivity contribution in [2.45, 2.75) is 18.9 Å². The largest absolute Gasteiger partial charge is 0.325 e. The van der Waals surface area contributed by atoms with E-state index in [0.29, 0.717) is 34.9 Å². The Morgan fingerprint density at radius 3 is 2.58 bits per heavy atom. The van der Waals surface area contributed by atoms with E-state index in [9.17, 15) is 14.0 Å². The molecule has 5 rings (SSSR count). The highest BCUT2D eigenvalue weighted by Crippen LogP contribution is 2.42. The molecule has 130 valence electrons. The molecule has 1 aromatic heterocycles. The van der Waals surface area contributed by atoms with Gasteiger partial charge in [-0.25, -0.2) is 4.39 Å². The van der Waals surface area contributed by atoms with Crippen molar-refractivity contribution in [1.29, 1.82) is 0 Å². The summed E-state index contributed by atoms with van der Waals surface area (Å²) in [6.45, 7) is 1.17. The first-order valence-electron chi connectivity index (χ1n) is 8.46. The number of hydrogen-bond donors (Lipinski definition) is 0. The highest BCUT2D eigenvalue weighted by atomic mass is 35.5. The van der Waals surface area contributed by atoms with Crippen LogP contribution < -0.4 is 10.3 Å². The molecule has 26 heavy (non-hydrogen) atoms. The average Bonchev–Trinajstić information content (AvgIpc) is 3.07. The van der Waals surface area contributed by atoms with Crippen LogP contribution in [0.5, 0.6) is 0 Å². The molecule has 1 unspecified atom stereocenters. The van der Waals surface area contributed by atoms with E-state index in [0.717, 1.165) is 11.1 Å². The molecule has 0 spiro atoms. The molecule has 3 heterocycles. The number of hydrogen-bond acceptors (Lipinski definition) is 2. The Bertz CT molecular complexity index is 1140. The van der Waals surface area contributed by atoms with E-state index in [1.807, 2.05) is 4.57 Å². The monoisotopic (exact) mass is 368 g/mol. The molecule has 0 saturated heterocycles. The first kappa shape index (κ1) is 15.6. The Balaban J connectivity index is 1.86. The van der Waals surface area contributed by atoms with Crippen molar-refractivity contribution in [2.24, 2.45) is 0 Å². The molecule has 3 aromatic rings. The van der Waals surface area contributed by atoms with E-state index in [1.54, 1.807) is 35.2 Å². The summed E-state index contributed by atoms with van der Waals surface area (Å²) in [5.74, 6) is -0.0620.